The van der Waals surface area contributed by atoms with Gasteiger partial charge in [0, 0.05) is 136 Å². The molecule has 7 aliphatic rings. The first kappa shape index (κ1) is 113. The number of sulfone groups is 1. The van der Waals surface area contributed by atoms with Crippen molar-refractivity contribution >= 4 is 44.3 Å². The second-order valence-corrected chi connectivity index (χ2v) is 56.8. The molecule has 0 radical (unpaired) electrons. The molecule has 4 amide bonds. The number of aliphatic hydroxyl groups is 2. The molecule has 8 heterocycles. The molecule has 18 nitrogen and oxygen atoms in total. The largest absolute Gasteiger partial charge is 0.389 e. The van der Waals surface area contributed by atoms with E-state index in [4.69, 9.17) is 4.98 Å². The quantitative estimate of drug-likeness (QED) is 0.0431. The van der Waals surface area contributed by atoms with Crippen LogP contribution in [0, 0.1) is 56.8 Å². The summed E-state index contributed by atoms with van der Waals surface area (Å²) in [6, 6.07) is 33.5. The third kappa shape index (κ3) is 29.7. The fourth-order valence-electron chi connectivity index (χ4n) is 21.4. The maximum absolute atomic E-state index is 13.3. The van der Waals surface area contributed by atoms with E-state index in [0.717, 1.165) is 118 Å². The van der Waals surface area contributed by atoms with Gasteiger partial charge in [-0.15, -0.1) is 0 Å². The molecule has 7 fully saturated rings. The van der Waals surface area contributed by atoms with Crippen LogP contribution in [0.15, 0.2) is 91.0 Å². The van der Waals surface area contributed by atoms with Crippen LogP contribution >= 0.6 is 0 Å². The molecular formula is C122H183N9O9S2. The van der Waals surface area contributed by atoms with E-state index in [1.54, 1.807) is 18.7 Å². The minimum absolute atomic E-state index is 0.00175. The normalized spacial score (nSPS) is 18.7. The van der Waals surface area contributed by atoms with E-state index in [-0.39, 0.29) is 103 Å². The first-order valence-electron chi connectivity index (χ1n) is 54.3. The molecule has 0 unspecified atom stereocenters. The van der Waals surface area contributed by atoms with Gasteiger partial charge in [0.2, 0.25) is 0 Å². The van der Waals surface area contributed by atoms with Crippen molar-refractivity contribution in [3.8, 4) is 45.0 Å². The number of hydrogen-bond donors (Lipinski definition) is 5. The van der Waals surface area contributed by atoms with Gasteiger partial charge >= 0.3 is 0 Å². The van der Waals surface area contributed by atoms with E-state index < -0.39 is 26.2 Å². The molecule has 15 rings (SSSR count). The first-order chi connectivity index (χ1) is 65.8. The Labute approximate surface area is 859 Å². The van der Waals surface area contributed by atoms with Crippen molar-refractivity contribution in [2.45, 2.75) is 437 Å². The fourth-order valence-corrected chi connectivity index (χ4v) is 23.7. The molecular weight excluding hydrogens is 1800 g/mol. The molecule has 5 N–H and O–H groups in total. The molecule has 142 heavy (non-hydrogen) atoms. The average molecular weight is 1980 g/mol. The van der Waals surface area contributed by atoms with Crippen molar-refractivity contribution in [1.82, 2.24) is 44.1 Å². The Bertz CT molecular complexity index is 5780. The van der Waals surface area contributed by atoms with Crippen molar-refractivity contribution in [2.24, 2.45) is 29.1 Å². The van der Waals surface area contributed by atoms with Gasteiger partial charge in [-0.05, 0) is 290 Å². The van der Waals surface area contributed by atoms with Crippen molar-refractivity contribution in [2.75, 3.05) is 42.6 Å². The summed E-state index contributed by atoms with van der Waals surface area (Å²) in [4.78, 5) is 60.0. The number of pyridine rings is 1. The van der Waals surface area contributed by atoms with Gasteiger partial charge in [-0.3, -0.25) is 28.4 Å². The van der Waals surface area contributed by atoms with Crippen LogP contribution in [0.2, 0.25) is 0 Å². The molecule has 3 aromatic carbocycles. The Morgan fingerprint density at radius 1 is 0.380 bits per heavy atom. The smallest absolute Gasteiger partial charge is 0.255 e. The number of benzene rings is 3. The number of carbonyl (C=O) groups excluding carboxylic acids is 4. The molecule has 3 aliphatic heterocycles. The van der Waals surface area contributed by atoms with Crippen LogP contribution in [0.5, 0.6) is 0 Å². The summed E-state index contributed by atoms with van der Waals surface area (Å²) in [6.45, 7) is 70.8. The summed E-state index contributed by atoms with van der Waals surface area (Å²) < 4.78 is 44.4. The number of aromatic nitrogens is 5. The standard InChI is InChI=1S/C32H51N3O2.C30H44N2O3S.C30H44N2O2S.C30H44N2O2/c1-22-26(29(36)33-21-32(8,9)37)19-27(35(22)20-23-13-11-10-12-14-23)24-17-25(15-16-30(2,3)4)34-28(18-24)31(5,6)7;1-20-26(28(33)31-25-18-36(34,35)19-25)16-27(32(20)17-21-11-9-8-10-12-21)22-13-23(29(2,3)4)15-24(14-22)30(5,6)7;1-20-26(28(33)31-25-18-35(34)19-25)16-27(32(20)17-21-11-9-8-10-12-21)22-13-23(29(2,3)4)15-24(14-22)30(5,6)7;1-20-26(28(34)31-18-25(33)19-31)16-27(32(20)17-21-11-9-8-10-12-21)22-13-23(29(2,3)4)15-24(14-22)30(5,6)7/h17-19,23,37H,10-16,20-21H2,1-9H3,(H,33,36);13-16,21,25H,8-12,17-19H2,1-7H3,(H,31,33);13-16,21,25H,8-12,17-19H2,1-7H3,(H,31,33);13-16,21,25,33H,8-12,17-19H2,1-7H3. The van der Waals surface area contributed by atoms with Crippen molar-refractivity contribution in [3.05, 3.63) is 181 Å². The molecule has 3 saturated heterocycles. The van der Waals surface area contributed by atoms with Crippen molar-refractivity contribution in [1.29, 1.82) is 0 Å². The number of nitrogens with one attached hydrogen (secondary N) is 3. The zero-order chi connectivity index (χ0) is 104. The van der Waals surface area contributed by atoms with E-state index in [1.807, 2.05) is 13.0 Å². The number of aryl methyl sites for hydroxylation is 1. The van der Waals surface area contributed by atoms with E-state index in [0.29, 0.717) is 59.4 Å². The molecule has 782 valence electrons. The molecule has 4 saturated carbocycles. The molecule has 0 atom stereocenters. The highest BCUT2D eigenvalue weighted by Gasteiger charge is 2.39. The van der Waals surface area contributed by atoms with Crippen molar-refractivity contribution < 1.29 is 42.0 Å². The van der Waals surface area contributed by atoms with Gasteiger partial charge in [-0.2, -0.15) is 0 Å². The summed E-state index contributed by atoms with van der Waals surface area (Å²) in [5.41, 5.74) is 25.6. The summed E-state index contributed by atoms with van der Waals surface area (Å²) in [5, 5.41) is 28.9. The third-order valence-electron chi connectivity index (χ3n) is 31.2. The minimum Gasteiger partial charge on any atom is -0.389 e. The lowest BCUT2D eigenvalue weighted by molar-refractivity contribution is 0.00583. The van der Waals surface area contributed by atoms with Crippen molar-refractivity contribution in [3.63, 3.8) is 0 Å². The Kier molecular flexibility index (Phi) is 35.6. The van der Waals surface area contributed by atoms with Crippen LogP contribution in [-0.4, -0.2) is 141 Å². The minimum atomic E-state index is -2.99. The van der Waals surface area contributed by atoms with Gasteiger partial charge in [-0.25, -0.2) is 8.42 Å². The van der Waals surface area contributed by atoms with Crippen LogP contribution in [0.1, 0.15) is 424 Å². The van der Waals surface area contributed by atoms with Gasteiger partial charge in [0.15, 0.2) is 9.84 Å². The zero-order valence-electron chi connectivity index (χ0n) is 93.3. The summed E-state index contributed by atoms with van der Waals surface area (Å²) >= 11 is 0. The Morgan fingerprint density at radius 2 is 0.669 bits per heavy atom. The fraction of sp³-hybridized carbons (Fsp3) is 0.648. The van der Waals surface area contributed by atoms with Crippen LogP contribution in [-0.2, 0) is 91.1 Å². The number of β-amino-alcohol motifs (C(OH)–C–C–N with tert-alkyl or cyclic N) is 1. The predicted molar refractivity (Wildman–Crippen MR) is 591 cm³/mol. The van der Waals surface area contributed by atoms with Crippen LogP contribution < -0.4 is 16.0 Å². The Balaban J connectivity index is 0.000000169. The molecule has 5 aromatic heterocycles. The Morgan fingerprint density at radius 3 is 0.944 bits per heavy atom. The van der Waals surface area contributed by atoms with E-state index in [9.17, 15) is 42.0 Å². The van der Waals surface area contributed by atoms with Gasteiger partial charge in [0.25, 0.3) is 23.6 Å². The monoisotopic (exact) mass is 1980 g/mol. The van der Waals surface area contributed by atoms with Gasteiger partial charge in [0.1, 0.15) is 0 Å². The van der Waals surface area contributed by atoms with E-state index in [1.165, 1.54) is 173 Å². The summed E-state index contributed by atoms with van der Waals surface area (Å²) in [6.07, 6.45) is 27.3. The topological polar surface area (TPSA) is 232 Å². The lowest BCUT2D eigenvalue weighted by atomic mass is 9.79. The number of aliphatic hydroxyl groups excluding tert-OH is 1. The second-order valence-electron chi connectivity index (χ2n) is 53.1. The molecule has 4 aliphatic carbocycles. The number of amides is 4. The maximum Gasteiger partial charge on any atom is 0.255 e. The first-order valence-corrected chi connectivity index (χ1v) is 57.6. The van der Waals surface area contributed by atoms with Gasteiger partial charge < -0.3 is 49.3 Å². The van der Waals surface area contributed by atoms with Crippen LogP contribution in [0.4, 0.5) is 0 Å². The predicted octanol–water partition coefficient (Wildman–Crippen LogP) is 26.3. The number of hydrogen-bond acceptors (Lipinski definition) is 10. The Hall–Kier alpha value is -8.17. The number of likely N-dealkylation sites (tertiary alicyclic amines) is 1. The molecule has 0 spiro atoms. The highest BCUT2D eigenvalue weighted by atomic mass is 32.2. The van der Waals surface area contributed by atoms with E-state index >= 15 is 0 Å². The van der Waals surface area contributed by atoms with Crippen LogP contribution in [0.25, 0.3) is 45.0 Å². The molecule has 8 aromatic rings. The van der Waals surface area contributed by atoms with Crippen LogP contribution in [0.3, 0.4) is 0 Å². The summed E-state index contributed by atoms with van der Waals surface area (Å²) in [5.74, 6) is 3.52. The number of rotatable bonds is 22. The summed E-state index contributed by atoms with van der Waals surface area (Å²) in [7, 11) is -3.77. The average Bonchev–Trinajstić information content (AvgIpc) is 1.61. The van der Waals surface area contributed by atoms with Gasteiger partial charge in [-0.1, -0.05) is 261 Å². The SMILES string of the molecule is Cc1c(C(=O)N2CC(O)C2)cc(-c2cc(C(C)(C)C)cc(C(C)(C)C)c2)n1CC1CCCCC1.Cc1c(C(=O)NC2CS(=O)(=O)C2)cc(-c2cc(C(C)(C)C)cc(C(C)(C)C)c2)n1CC1CCCCC1.Cc1c(C(=O)NC2CS(=O)C2)cc(-c2cc(C(C)(C)C)cc(C(C)(C)C)c2)n1CC1CCCCC1.Cc1c(C(=O)NCC(C)(C)O)cc(-c2cc(CCC(C)(C)C)nc(C(C)(C)C)c2)n1CC1CCCCC1. The van der Waals surface area contributed by atoms with E-state index in [2.05, 4.69) is 306 Å². The second kappa shape index (κ2) is 44.9. The highest BCUT2D eigenvalue weighted by Crippen LogP contribution is 2.45. The lowest BCUT2D eigenvalue weighted by Gasteiger charge is -2.35. The third-order valence-corrected chi connectivity index (χ3v) is 34.6. The lowest BCUT2D eigenvalue weighted by Crippen LogP contribution is -2.53. The highest BCUT2D eigenvalue weighted by molar-refractivity contribution is 7.92. The number of nitrogens with zero attached hydrogens (tertiary/aromatic N) is 6. The zero-order valence-corrected chi connectivity index (χ0v) is 94.9. The molecule has 0 bridgehead atoms. The maximum atomic E-state index is 13.3. The van der Waals surface area contributed by atoms with Gasteiger partial charge in [0.05, 0.1) is 57.5 Å². The number of carbonyl (C=O) groups is 4. The molecule has 20 heteroatoms.